The Bertz CT molecular complexity index is 1020. The van der Waals surface area contributed by atoms with Gasteiger partial charge in [-0.15, -0.1) is 12.4 Å². The second kappa shape index (κ2) is 8.03. The van der Waals surface area contributed by atoms with Crippen LogP contribution in [0.5, 0.6) is 5.75 Å². The molecule has 3 aromatic rings. The Morgan fingerprint density at radius 2 is 2.14 bits per heavy atom. The number of hydrogen-bond acceptors (Lipinski definition) is 5. The van der Waals surface area contributed by atoms with Crippen LogP contribution >= 0.6 is 23.9 Å². The summed E-state index contributed by atoms with van der Waals surface area (Å²) in [5.41, 5.74) is 2.17. The standard InChI is InChI=1S/C20H20FN3O2S.ClH/c1-11-5-15(25)8-17(21)18(11)13-6-14-9-23-27-19(14)16(7-13)20(26)24-4-3-22-12(2)10-24;/h5-9,12,22,25H,3-4,10H2,1-2H3;1H/t12-;/m1./s1. The van der Waals surface area contributed by atoms with Gasteiger partial charge in [-0.05, 0) is 54.7 Å². The van der Waals surface area contributed by atoms with Crippen LogP contribution in [0.25, 0.3) is 21.2 Å². The Balaban J connectivity index is 0.00000225. The zero-order chi connectivity index (χ0) is 19.1. The van der Waals surface area contributed by atoms with E-state index in [1.54, 1.807) is 19.2 Å². The van der Waals surface area contributed by atoms with E-state index in [1.165, 1.54) is 17.6 Å². The summed E-state index contributed by atoms with van der Waals surface area (Å²) in [5, 5.41) is 13.8. The highest BCUT2D eigenvalue weighted by atomic mass is 35.5. The number of amides is 1. The van der Waals surface area contributed by atoms with Crippen molar-refractivity contribution in [3.05, 3.63) is 47.4 Å². The van der Waals surface area contributed by atoms with Crippen molar-refractivity contribution in [2.24, 2.45) is 0 Å². The molecule has 1 atom stereocenters. The maximum atomic E-state index is 14.6. The highest BCUT2D eigenvalue weighted by molar-refractivity contribution is 7.13. The number of phenols is 1. The number of aromatic hydroxyl groups is 1. The lowest BCUT2D eigenvalue weighted by Crippen LogP contribution is -2.51. The summed E-state index contributed by atoms with van der Waals surface area (Å²) in [7, 11) is 0. The van der Waals surface area contributed by atoms with Gasteiger partial charge < -0.3 is 15.3 Å². The van der Waals surface area contributed by atoms with Gasteiger partial charge in [0.2, 0.25) is 0 Å². The lowest BCUT2D eigenvalue weighted by atomic mass is 9.96. The molecule has 0 aliphatic carbocycles. The minimum absolute atomic E-state index is 0. The second-order valence-electron chi connectivity index (χ2n) is 6.99. The molecule has 0 saturated carbocycles. The van der Waals surface area contributed by atoms with Crippen LogP contribution in [-0.2, 0) is 0 Å². The normalized spacial score (nSPS) is 16.8. The van der Waals surface area contributed by atoms with Crippen molar-refractivity contribution in [2.45, 2.75) is 19.9 Å². The topological polar surface area (TPSA) is 65.5 Å². The first kappa shape index (κ1) is 20.5. The summed E-state index contributed by atoms with van der Waals surface area (Å²) in [5.74, 6) is -0.682. The number of piperazine rings is 1. The van der Waals surface area contributed by atoms with E-state index in [0.29, 0.717) is 35.3 Å². The summed E-state index contributed by atoms with van der Waals surface area (Å²) in [6.45, 7) is 5.82. The Morgan fingerprint density at radius 3 is 2.86 bits per heavy atom. The fourth-order valence-electron chi connectivity index (χ4n) is 3.67. The third kappa shape index (κ3) is 3.70. The van der Waals surface area contributed by atoms with E-state index in [-0.39, 0.29) is 30.1 Å². The van der Waals surface area contributed by atoms with Crippen LogP contribution in [0.1, 0.15) is 22.8 Å². The van der Waals surface area contributed by atoms with E-state index in [4.69, 9.17) is 0 Å². The van der Waals surface area contributed by atoms with Crippen LogP contribution in [0.15, 0.2) is 30.5 Å². The van der Waals surface area contributed by atoms with Gasteiger partial charge in [0.15, 0.2) is 0 Å². The molecule has 1 aromatic heterocycles. The molecule has 2 N–H and O–H groups in total. The second-order valence-corrected chi connectivity index (χ2v) is 7.80. The van der Waals surface area contributed by atoms with E-state index in [2.05, 4.69) is 9.69 Å². The van der Waals surface area contributed by atoms with Crippen LogP contribution in [0.4, 0.5) is 4.39 Å². The lowest BCUT2D eigenvalue weighted by molar-refractivity contribution is 0.0711. The number of nitrogens with one attached hydrogen (secondary N) is 1. The molecule has 0 unspecified atom stereocenters. The van der Waals surface area contributed by atoms with E-state index in [9.17, 15) is 14.3 Å². The number of rotatable bonds is 2. The van der Waals surface area contributed by atoms with Crippen LogP contribution in [0, 0.1) is 12.7 Å². The van der Waals surface area contributed by atoms with Crippen molar-refractivity contribution >= 4 is 39.9 Å². The smallest absolute Gasteiger partial charge is 0.255 e. The molecule has 0 spiro atoms. The monoisotopic (exact) mass is 421 g/mol. The minimum Gasteiger partial charge on any atom is -0.508 e. The Morgan fingerprint density at radius 1 is 1.36 bits per heavy atom. The van der Waals surface area contributed by atoms with E-state index in [0.717, 1.165) is 22.7 Å². The number of phenolic OH excluding ortho intramolecular Hbond substituents is 1. The maximum Gasteiger partial charge on any atom is 0.255 e. The molecular weight excluding hydrogens is 401 g/mol. The first-order chi connectivity index (χ1) is 12.9. The van der Waals surface area contributed by atoms with Gasteiger partial charge >= 0.3 is 0 Å². The average molecular weight is 422 g/mol. The lowest BCUT2D eigenvalue weighted by Gasteiger charge is -2.32. The molecular formula is C20H21ClFN3O2S. The van der Waals surface area contributed by atoms with E-state index >= 15 is 0 Å². The molecule has 8 heteroatoms. The molecule has 148 valence electrons. The fourth-order valence-corrected chi connectivity index (χ4v) is 4.40. The van der Waals surface area contributed by atoms with Gasteiger partial charge in [0, 0.05) is 48.9 Å². The number of benzene rings is 2. The molecule has 4 rings (SSSR count). The first-order valence-corrected chi connectivity index (χ1v) is 9.62. The molecule has 1 amide bonds. The SMILES string of the molecule is Cc1cc(O)cc(F)c1-c1cc(C(=O)N2CCN[C@H](C)C2)c2sncc2c1.Cl. The number of fused-ring (bicyclic) bond motifs is 1. The van der Waals surface area contributed by atoms with Gasteiger partial charge in [0.1, 0.15) is 11.6 Å². The zero-order valence-electron chi connectivity index (χ0n) is 15.5. The van der Waals surface area contributed by atoms with Gasteiger partial charge in [-0.25, -0.2) is 4.39 Å². The third-order valence-electron chi connectivity index (χ3n) is 4.90. The minimum atomic E-state index is -0.510. The molecule has 28 heavy (non-hydrogen) atoms. The number of aryl methyl sites for hydroxylation is 1. The van der Waals surface area contributed by atoms with Crippen LogP contribution in [0.3, 0.4) is 0 Å². The van der Waals surface area contributed by atoms with Crippen molar-refractivity contribution in [1.29, 1.82) is 0 Å². The Labute approximate surface area is 172 Å². The summed E-state index contributed by atoms with van der Waals surface area (Å²) in [6, 6.07) is 6.45. The van der Waals surface area contributed by atoms with Crippen LogP contribution in [-0.4, -0.2) is 46.0 Å². The number of hydrogen-bond donors (Lipinski definition) is 2. The predicted molar refractivity (Wildman–Crippen MR) is 112 cm³/mol. The van der Waals surface area contributed by atoms with Gasteiger partial charge in [-0.3, -0.25) is 4.79 Å². The fraction of sp³-hybridized carbons (Fsp3) is 0.300. The van der Waals surface area contributed by atoms with Crippen LogP contribution in [0.2, 0.25) is 0 Å². The quantitative estimate of drug-likeness (QED) is 0.657. The summed E-state index contributed by atoms with van der Waals surface area (Å²) < 4.78 is 19.6. The largest absolute Gasteiger partial charge is 0.508 e. The average Bonchev–Trinajstić information content (AvgIpc) is 3.08. The Kier molecular flexibility index (Phi) is 5.88. The van der Waals surface area contributed by atoms with Gasteiger partial charge in [0.25, 0.3) is 5.91 Å². The van der Waals surface area contributed by atoms with Crippen molar-refractivity contribution in [3.8, 4) is 16.9 Å². The number of carbonyl (C=O) groups is 1. The molecule has 1 aliphatic heterocycles. The molecule has 0 radical (unpaired) electrons. The number of aromatic nitrogens is 1. The summed E-state index contributed by atoms with van der Waals surface area (Å²) in [6.07, 6.45) is 1.70. The third-order valence-corrected chi connectivity index (χ3v) is 5.75. The van der Waals surface area contributed by atoms with Gasteiger partial charge in [-0.1, -0.05) is 0 Å². The van der Waals surface area contributed by atoms with E-state index < -0.39 is 5.82 Å². The highest BCUT2D eigenvalue weighted by Gasteiger charge is 2.25. The van der Waals surface area contributed by atoms with Crippen molar-refractivity contribution in [3.63, 3.8) is 0 Å². The first-order valence-electron chi connectivity index (χ1n) is 8.84. The molecule has 1 aliphatic rings. The molecule has 1 saturated heterocycles. The van der Waals surface area contributed by atoms with E-state index in [1.807, 2.05) is 17.9 Å². The van der Waals surface area contributed by atoms with Gasteiger partial charge in [0.05, 0.1) is 10.3 Å². The molecule has 2 aromatic carbocycles. The maximum absolute atomic E-state index is 14.6. The molecule has 0 bridgehead atoms. The number of carbonyl (C=O) groups excluding carboxylic acids is 1. The van der Waals surface area contributed by atoms with Crippen molar-refractivity contribution in [1.82, 2.24) is 14.6 Å². The Hall–Kier alpha value is -2.22. The van der Waals surface area contributed by atoms with Gasteiger partial charge in [-0.2, -0.15) is 4.37 Å². The predicted octanol–water partition coefficient (Wildman–Crippen LogP) is 3.97. The number of nitrogens with zero attached hydrogens (tertiary/aromatic N) is 2. The molecule has 1 fully saturated rings. The van der Waals surface area contributed by atoms with Crippen molar-refractivity contribution in [2.75, 3.05) is 19.6 Å². The summed E-state index contributed by atoms with van der Waals surface area (Å²) >= 11 is 1.27. The molecule has 5 nitrogen and oxygen atoms in total. The number of halogens is 2. The summed E-state index contributed by atoms with van der Waals surface area (Å²) in [4.78, 5) is 15.0. The zero-order valence-corrected chi connectivity index (χ0v) is 17.2. The highest BCUT2D eigenvalue weighted by Crippen LogP contribution is 2.35. The van der Waals surface area contributed by atoms with Crippen molar-refractivity contribution < 1.29 is 14.3 Å². The van der Waals surface area contributed by atoms with Crippen LogP contribution < -0.4 is 5.32 Å². The molecule has 2 heterocycles.